The first-order chi connectivity index (χ1) is 7.06. The molecule has 5 heteroatoms. The van der Waals surface area contributed by atoms with E-state index in [9.17, 15) is 4.79 Å². The first-order valence-electron chi connectivity index (χ1n) is 4.92. The van der Waals surface area contributed by atoms with Gasteiger partial charge in [-0.3, -0.25) is 4.79 Å². The van der Waals surface area contributed by atoms with Crippen molar-refractivity contribution in [2.24, 2.45) is 0 Å². The number of rotatable bonds is 4. The van der Waals surface area contributed by atoms with Crippen LogP contribution in [0.3, 0.4) is 0 Å². The molecular weight excluding hydrogens is 276 g/mol. The second-order valence-corrected chi connectivity index (χ2v) is 5.57. The quantitative estimate of drug-likeness (QED) is 0.927. The minimum atomic E-state index is -0.0830. The van der Waals surface area contributed by atoms with Gasteiger partial charge in [-0.05, 0) is 27.6 Å². The van der Waals surface area contributed by atoms with Crippen LogP contribution in [0.5, 0.6) is 0 Å². The molecule has 0 saturated heterocycles. The summed E-state index contributed by atoms with van der Waals surface area (Å²) < 4.78 is 0.558. The number of hydrogen-bond donors (Lipinski definition) is 1. The average Bonchev–Trinajstić information content (AvgIpc) is 2.19. The summed E-state index contributed by atoms with van der Waals surface area (Å²) in [5.74, 6) is 2.81. The highest BCUT2D eigenvalue weighted by Crippen LogP contribution is 2.19. The van der Waals surface area contributed by atoms with Crippen LogP contribution >= 0.6 is 27.7 Å². The molecule has 84 valence electrons. The molecule has 0 aliphatic carbocycles. The van der Waals surface area contributed by atoms with Gasteiger partial charge in [-0.25, -0.2) is 4.98 Å². The van der Waals surface area contributed by atoms with E-state index in [0.717, 1.165) is 23.0 Å². The normalized spacial score (nSPS) is 11.0. The van der Waals surface area contributed by atoms with Crippen molar-refractivity contribution >= 4 is 27.7 Å². The third kappa shape index (κ3) is 3.34. The van der Waals surface area contributed by atoms with Crippen LogP contribution in [-0.4, -0.2) is 15.7 Å². The number of nitrogens with zero attached hydrogens (tertiary/aromatic N) is 1. The van der Waals surface area contributed by atoms with Gasteiger partial charge in [-0.1, -0.05) is 20.8 Å². The van der Waals surface area contributed by atoms with E-state index >= 15 is 0 Å². The maximum atomic E-state index is 11.6. The van der Waals surface area contributed by atoms with Crippen LogP contribution in [0.4, 0.5) is 0 Å². The first kappa shape index (κ1) is 12.8. The Balaban J connectivity index is 3.06. The van der Waals surface area contributed by atoms with Crippen molar-refractivity contribution in [3.8, 4) is 0 Å². The van der Waals surface area contributed by atoms with Gasteiger partial charge >= 0.3 is 0 Å². The molecule has 1 aromatic rings. The van der Waals surface area contributed by atoms with E-state index in [0.29, 0.717) is 4.47 Å². The Labute approximate surface area is 102 Å². The molecule has 0 atom stereocenters. The van der Waals surface area contributed by atoms with Gasteiger partial charge in [-0.15, -0.1) is 0 Å². The molecule has 0 radical (unpaired) electrons. The topological polar surface area (TPSA) is 45.8 Å². The predicted molar refractivity (Wildman–Crippen MR) is 68.5 cm³/mol. The summed E-state index contributed by atoms with van der Waals surface area (Å²) in [5.41, 5.74) is 0.755. The van der Waals surface area contributed by atoms with E-state index in [1.807, 2.05) is 13.8 Å². The summed E-state index contributed by atoms with van der Waals surface area (Å²) >= 11 is 5.02. The zero-order valence-corrected chi connectivity index (χ0v) is 11.5. The van der Waals surface area contributed by atoms with Crippen LogP contribution < -0.4 is 5.56 Å². The molecule has 0 fully saturated rings. The van der Waals surface area contributed by atoms with Gasteiger partial charge in [0.15, 0.2) is 0 Å². The van der Waals surface area contributed by atoms with Gasteiger partial charge in [0.25, 0.3) is 5.56 Å². The van der Waals surface area contributed by atoms with E-state index in [4.69, 9.17) is 0 Å². The SMILES string of the molecule is CCSCc1nc(C(C)C)c(Br)c(=O)[nH]1. The fourth-order valence-corrected chi connectivity index (χ4v) is 2.35. The standard InChI is InChI=1S/C10H15BrN2OS/c1-4-15-5-7-12-9(6(2)3)8(11)10(14)13-7/h6H,4-5H2,1-3H3,(H,12,13,14). The predicted octanol–water partition coefficient (Wildman–Crippen LogP) is 2.91. The van der Waals surface area contributed by atoms with E-state index in [1.165, 1.54) is 0 Å². The maximum absolute atomic E-state index is 11.6. The number of hydrogen-bond acceptors (Lipinski definition) is 3. The molecule has 0 amide bonds. The monoisotopic (exact) mass is 290 g/mol. The molecule has 15 heavy (non-hydrogen) atoms. The highest BCUT2D eigenvalue weighted by Gasteiger charge is 2.11. The summed E-state index contributed by atoms with van der Waals surface area (Å²) in [7, 11) is 0. The van der Waals surface area contributed by atoms with Crippen LogP contribution in [0, 0.1) is 0 Å². The van der Waals surface area contributed by atoms with E-state index in [1.54, 1.807) is 11.8 Å². The van der Waals surface area contributed by atoms with Crippen LogP contribution in [0.1, 0.15) is 38.2 Å². The summed E-state index contributed by atoms with van der Waals surface area (Å²) in [6.07, 6.45) is 0. The van der Waals surface area contributed by atoms with Crippen LogP contribution in [0.15, 0.2) is 9.27 Å². The lowest BCUT2D eigenvalue weighted by Crippen LogP contribution is -2.16. The fraction of sp³-hybridized carbons (Fsp3) is 0.600. The molecule has 1 rings (SSSR count). The van der Waals surface area contributed by atoms with E-state index in [-0.39, 0.29) is 11.5 Å². The second kappa shape index (κ2) is 5.70. The van der Waals surface area contributed by atoms with E-state index < -0.39 is 0 Å². The van der Waals surface area contributed by atoms with Gasteiger partial charge < -0.3 is 4.98 Å². The lowest BCUT2D eigenvalue weighted by atomic mass is 10.1. The zero-order valence-electron chi connectivity index (χ0n) is 9.13. The van der Waals surface area contributed by atoms with Crippen molar-refractivity contribution in [3.63, 3.8) is 0 Å². The summed E-state index contributed by atoms with van der Waals surface area (Å²) in [6, 6.07) is 0. The third-order valence-corrected chi connectivity index (χ3v) is 3.58. The first-order valence-corrected chi connectivity index (χ1v) is 6.87. The average molecular weight is 291 g/mol. The van der Waals surface area contributed by atoms with Crippen molar-refractivity contribution in [1.82, 2.24) is 9.97 Å². The molecule has 0 bridgehead atoms. The summed E-state index contributed by atoms with van der Waals surface area (Å²) in [6.45, 7) is 6.15. The van der Waals surface area contributed by atoms with Crippen LogP contribution in [0.25, 0.3) is 0 Å². The molecular formula is C10H15BrN2OS. The molecule has 3 nitrogen and oxygen atoms in total. The largest absolute Gasteiger partial charge is 0.309 e. The Morgan fingerprint density at radius 1 is 1.53 bits per heavy atom. The van der Waals surface area contributed by atoms with Gasteiger partial charge in [0, 0.05) is 0 Å². The van der Waals surface area contributed by atoms with Crippen LogP contribution in [0.2, 0.25) is 0 Å². The lowest BCUT2D eigenvalue weighted by molar-refractivity contribution is 0.784. The van der Waals surface area contributed by atoms with Crippen molar-refractivity contribution in [2.45, 2.75) is 32.4 Å². The van der Waals surface area contributed by atoms with Crippen molar-refractivity contribution in [3.05, 3.63) is 26.3 Å². The van der Waals surface area contributed by atoms with Gasteiger partial charge in [0.1, 0.15) is 10.3 Å². The van der Waals surface area contributed by atoms with Crippen molar-refractivity contribution < 1.29 is 0 Å². The Hall–Kier alpha value is -0.290. The summed E-state index contributed by atoms with van der Waals surface area (Å²) in [4.78, 5) is 18.8. The Bertz CT molecular complexity index is 389. The van der Waals surface area contributed by atoms with Crippen molar-refractivity contribution in [2.75, 3.05) is 5.75 Å². The Kier molecular flexibility index (Phi) is 4.86. The van der Waals surface area contributed by atoms with Crippen LogP contribution in [-0.2, 0) is 5.75 Å². The number of aromatic nitrogens is 2. The minimum Gasteiger partial charge on any atom is -0.309 e. The van der Waals surface area contributed by atoms with Gasteiger partial charge in [0.05, 0.1) is 11.4 Å². The third-order valence-electron chi connectivity index (χ3n) is 1.93. The Morgan fingerprint density at radius 3 is 2.73 bits per heavy atom. The number of halogens is 1. The highest BCUT2D eigenvalue weighted by atomic mass is 79.9. The lowest BCUT2D eigenvalue weighted by Gasteiger charge is -2.08. The smallest absolute Gasteiger partial charge is 0.265 e. The highest BCUT2D eigenvalue weighted by molar-refractivity contribution is 9.10. The molecule has 0 spiro atoms. The second-order valence-electron chi connectivity index (χ2n) is 3.50. The number of thioether (sulfide) groups is 1. The maximum Gasteiger partial charge on any atom is 0.265 e. The van der Waals surface area contributed by atoms with E-state index in [2.05, 4.69) is 32.8 Å². The minimum absolute atomic E-state index is 0.0830. The molecule has 1 N–H and O–H groups in total. The summed E-state index contributed by atoms with van der Waals surface area (Å²) in [5, 5.41) is 0. The zero-order chi connectivity index (χ0) is 11.4. The molecule has 0 aromatic carbocycles. The van der Waals surface area contributed by atoms with Gasteiger partial charge in [-0.2, -0.15) is 11.8 Å². The molecule has 0 aliphatic heterocycles. The molecule has 0 aliphatic rings. The number of H-pyrrole nitrogens is 1. The van der Waals surface area contributed by atoms with Gasteiger partial charge in [0.2, 0.25) is 0 Å². The molecule has 1 aromatic heterocycles. The fourth-order valence-electron chi connectivity index (χ4n) is 1.17. The Morgan fingerprint density at radius 2 is 2.20 bits per heavy atom. The molecule has 1 heterocycles. The number of nitrogens with one attached hydrogen (secondary N) is 1. The van der Waals surface area contributed by atoms with Crippen molar-refractivity contribution in [1.29, 1.82) is 0 Å². The molecule has 0 unspecified atom stereocenters. The molecule has 0 saturated carbocycles. The number of aromatic amines is 1.